The van der Waals surface area contributed by atoms with Crippen molar-refractivity contribution >= 4 is 11.8 Å². The Hall–Kier alpha value is -0.830. The van der Waals surface area contributed by atoms with Crippen LogP contribution >= 0.6 is 11.8 Å². The second-order valence-electron chi connectivity index (χ2n) is 3.18. The Morgan fingerprint density at radius 2 is 2.00 bits per heavy atom. The maximum atomic E-state index is 5.66. The molecule has 14 heavy (non-hydrogen) atoms. The van der Waals surface area contributed by atoms with Crippen molar-refractivity contribution < 1.29 is 9.47 Å². The number of rotatable bonds is 4. The third-order valence-electron chi connectivity index (χ3n) is 1.73. The van der Waals surface area contributed by atoms with Gasteiger partial charge in [-0.2, -0.15) is 0 Å². The van der Waals surface area contributed by atoms with Crippen molar-refractivity contribution in [1.82, 2.24) is 0 Å². The zero-order valence-electron chi connectivity index (χ0n) is 9.03. The molecule has 0 N–H and O–H groups in total. The largest absolute Gasteiger partial charge is 0.497 e. The van der Waals surface area contributed by atoms with E-state index in [0.717, 1.165) is 16.4 Å². The van der Waals surface area contributed by atoms with E-state index in [1.807, 2.05) is 38.3 Å². The summed E-state index contributed by atoms with van der Waals surface area (Å²) < 4.78 is 10.8. The summed E-state index contributed by atoms with van der Waals surface area (Å²) >= 11 is 1.66. The second-order valence-corrected chi connectivity index (χ2v) is 4.03. The molecule has 0 fully saturated rings. The van der Waals surface area contributed by atoms with Crippen LogP contribution in [0.15, 0.2) is 23.1 Å². The minimum absolute atomic E-state index is 0.203. The van der Waals surface area contributed by atoms with Crippen molar-refractivity contribution in [1.29, 1.82) is 0 Å². The van der Waals surface area contributed by atoms with Crippen LogP contribution in [0.4, 0.5) is 0 Å². The van der Waals surface area contributed by atoms with E-state index in [2.05, 4.69) is 0 Å². The summed E-state index contributed by atoms with van der Waals surface area (Å²) in [6.07, 6.45) is 2.23. The van der Waals surface area contributed by atoms with Crippen LogP contribution in [0.25, 0.3) is 0 Å². The van der Waals surface area contributed by atoms with Crippen molar-refractivity contribution in [3.63, 3.8) is 0 Å². The molecule has 2 nitrogen and oxygen atoms in total. The highest BCUT2D eigenvalue weighted by atomic mass is 32.2. The van der Waals surface area contributed by atoms with E-state index in [4.69, 9.17) is 9.47 Å². The van der Waals surface area contributed by atoms with Crippen LogP contribution in [0.1, 0.15) is 13.8 Å². The summed E-state index contributed by atoms with van der Waals surface area (Å²) in [4.78, 5) is 1.11. The van der Waals surface area contributed by atoms with Gasteiger partial charge < -0.3 is 9.47 Å². The van der Waals surface area contributed by atoms with Crippen molar-refractivity contribution in [2.75, 3.05) is 13.4 Å². The Kier molecular flexibility index (Phi) is 4.14. The summed E-state index contributed by atoms with van der Waals surface area (Å²) in [6.45, 7) is 4.04. The molecule has 0 radical (unpaired) electrons. The lowest BCUT2D eigenvalue weighted by atomic mass is 10.3. The minimum Gasteiger partial charge on any atom is -0.497 e. The van der Waals surface area contributed by atoms with Gasteiger partial charge in [0, 0.05) is 0 Å². The molecular formula is C11H16O2S. The predicted octanol–water partition coefficient (Wildman–Crippen LogP) is 3.20. The van der Waals surface area contributed by atoms with Gasteiger partial charge in [0.05, 0.1) is 18.1 Å². The Labute approximate surface area is 89.6 Å². The summed E-state index contributed by atoms with van der Waals surface area (Å²) in [5.74, 6) is 1.79. The van der Waals surface area contributed by atoms with E-state index in [0.29, 0.717) is 0 Å². The molecule has 1 aromatic carbocycles. The highest BCUT2D eigenvalue weighted by Crippen LogP contribution is 2.31. The average Bonchev–Trinajstić information content (AvgIpc) is 2.17. The molecule has 0 aliphatic rings. The van der Waals surface area contributed by atoms with Gasteiger partial charge in [-0.3, -0.25) is 0 Å². The van der Waals surface area contributed by atoms with Gasteiger partial charge in [0.25, 0.3) is 0 Å². The second kappa shape index (κ2) is 5.15. The maximum absolute atomic E-state index is 5.66. The van der Waals surface area contributed by atoms with E-state index in [-0.39, 0.29) is 6.10 Å². The molecular weight excluding hydrogens is 196 g/mol. The molecule has 0 heterocycles. The smallest absolute Gasteiger partial charge is 0.133 e. The molecule has 0 aliphatic heterocycles. The lowest BCUT2D eigenvalue weighted by Crippen LogP contribution is -2.06. The number of hydrogen-bond acceptors (Lipinski definition) is 3. The van der Waals surface area contributed by atoms with Crippen LogP contribution in [0, 0.1) is 0 Å². The number of benzene rings is 1. The van der Waals surface area contributed by atoms with E-state index < -0.39 is 0 Å². The molecule has 0 aromatic heterocycles. The summed E-state index contributed by atoms with van der Waals surface area (Å²) in [7, 11) is 1.67. The molecule has 1 aromatic rings. The quantitative estimate of drug-likeness (QED) is 0.714. The van der Waals surface area contributed by atoms with Gasteiger partial charge in [-0.25, -0.2) is 0 Å². The first-order chi connectivity index (χ1) is 6.67. The van der Waals surface area contributed by atoms with E-state index >= 15 is 0 Å². The molecule has 0 unspecified atom stereocenters. The van der Waals surface area contributed by atoms with Crippen molar-refractivity contribution in [2.24, 2.45) is 0 Å². The van der Waals surface area contributed by atoms with Crippen molar-refractivity contribution in [3.05, 3.63) is 18.2 Å². The standard InChI is InChI=1S/C11H16O2S/c1-8(2)13-10-6-5-9(12-3)7-11(10)14-4/h5-8H,1-4H3. The highest BCUT2D eigenvalue weighted by Gasteiger charge is 2.05. The third-order valence-corrected chi connectivity index (χ3v) is 2.49. The van der Waals surface area contributed by atoms with Crippen LogP contribution in [0.5, 0.6) is 11.5 Å². The molecule has 0 saturated carbocycles. The van der Waals surface area contributed by atoms with Gasteiger partial charge in [-0.15, -0.1) is 11.8 Å². The number of thioether (sulfide) groups is 1. The van der Waals surface area contributed by atoms with Gasteiger partial charge in [0.2, 0.25) is 0 Å². The normalized spacial score (nSPS) is 10.4. The molecule has 0 spiro atoms. The van der Waals surface area contributed by atoms with Crippen molar-refractivity contribution in [2.45, 2.75) is 24.8 Å². The molecule has 0 bridgehead atoms. The monoisotopic (exact) mass is 212 g/mol. The Balaban J connectivity index is 2.93. The van der Waals surface area contributed by atoms with Crippen LogP contribution in [-0.4, -0.2) is 19.5 Å². The lowest BCUT2D eigenvalue weighted by Gasteiger charge is -2.13. The van der Waals surface area contributed by atoms with Gasteiger partial charge in [-0.1, -0.05) is 0 Å². The Morgan fingerprint density at radius 3 is 2.50 bits per heavy atom. The lowest BCUT2D eigenvalue weighted by molar-refractivity contribution is 0.236. The van der Waals surface area contributed by atoms with Crippen LogP contribution in [0.2, 0.25) is 0 Å². The summed E-state index contributed by atoms with van der Waals surface area (Å²) in [6, 6.07) is 5.85. The van der Waals surface area contributed by atoms with Gasteiger partial charge in [0.15, 0.2) is 0 Å². The van der Waals surface area contributed by atoms with Crippen LogP contribution in [0.3, 0.4) is 0 Å². The first-order valence-electron chi connectivity index (χ1n) is 4.56. The van der Waals surface area contributed by atoms with Gasteiger partial charge >= 0.3 is 0 Å². The molecule has 0 saturated heterocycles. The van der Waals surface area contributed by atoms with Gasteiger partial charge in [-0.05, 0) is 38.3 Å². The minimum atomic E-state index is 0.203. The first kappa shape index (κ1) is 11.2. The predicted molar refractivity (Wildman–Crippen MR) is 60.5 cm³/mol. The van der Waals surface area contributed by atoms with Crippen molar-refractivity contribution in [3.8, 4) is 11.5 Å². The first-order valence-corrected chi connectivity index (χ1v) is 5.78. The maximum Gasteiger partial charge on any atom is 0.133 e. The molecule has 0 atom stereocenters. The zero-order chi connectivity index (χ0) is 10.6. The average molecular weight is 212 g/mol. The molecule has 78 valence electrons. The molecule has 3 heteroatoms. The Bertz CT molecular complexity index is 297. The third kappa shape index (κ3) is 2.84. The number of methoxy groups -OCH3 is 1. The Morgan fingerprint density at radius 1 is 1.29 bits per heavy atom. The summed E-state index contributed by atoms with van der Waals surface area (Å²) in [5.41, 5.74) is 0. The summed E-state index contributed by atoms with van der Waals surface area (Å²) in [5, 5.41) is 0. The zero-order valence-corrected chi connectivity index (χ0v) is 9.85. The number of ether oxygens (including phenoxy) is 2. The topological polar surface area (TPSA) is 18.5 Å². The fourth-order valence-electron chi connectivity index (χ4n) is 1.13. The van der Waals surface area contributed by atoms with Gasteiger partial charge in [0.1, 0.15) is 11.5 Å². The van der Waals surface area contributed by atoms with E-state index in [1.54, 1.807) is 18.9 Å². The molecule has 0 amide bonds. The number of hydrogen-bond donors (Lipinski definition) is 0. The highest BCUT2D eigenvalue weighted by molar-refractivity contribution is 7.98. The van der Waals surface area contributed by atoms with Crippen LogP contribution < -0.4 is 9.47 Å². The van der Waals surface area contributed by atoms with E-state index in [9.17, 15) is 0 Å². The fourth-order valence-corrected chi connectivity index (χ4v) is 1.68. The van der Waals surface area contributed by atoms with Crippen LogP contribution in [-0.2, 0) is 0 Å². The molecule has 0 aliphatic carbocycles. The van der Waals surface area contributed by atoms with E-state index in [1.165, 1.54) is 0 Å². The fraction of sp³-hybridized carbons (Fsp3) is 0.455. The SMILES string of the molecule is COc1ccc(OC(C)C)c(SC)c1. The molecule has 1 rings (SSSR count).